The van der Waals surface area contributed by atoms with E-state index in [1.54, 1.807) is 0 Å². The maximum atomic E-state index is 12.8. The van der Waals surface area contributed by atoms with Crippen molar-refractivity contribution in [1.29, 1.82) is 0 Å². The van der Waals surface area contributed by atoms with Gasteiger partial charge in [0.2, 0.25) is 0 Å². The van der Waals surface area contributed by atoms with E-state index in [2.05, 4.69) is 88.4 Å². The van der Waals surface area contributed by atoms with Crippen molar-refractivity contribution in [2.24, 2.45) is 5.92 Å². The van der Waals surface area contributed by atoms with Crippen LogP contribution in [0.15, 0.2) is 91.0 Å². The van der Waals surface area contributed by atoms with Gasteiger partial charge in [0, 0.05) is 6.10 Å². The van der Waals surface area contributed by atoms with Crippen molar-refractivity contribution in [1.82, 2.24) is 0 Å². The Hall–Kier alpha value is -2.73. The van der Waals surface area contributed by atoms with E-state index < -0.39 is 8.32 Å². The highest BCUT2D eigenvalue weighted by molar-refractivity contribution is 6.99. The van der Waals surface area contributed by atoms with Gasteiger partial charge in [-0.25, -0.2) is 0 Å². The molecule has 0 saturated carbocycles. The first kappa shape index (κ1) is 30.2. The summed E-state index contributed by atoms with van der Waals surface area (Å²) in [6.45, 7) is 11.4. The minimum atomic E-state index is -2.65. The predicted molar refractivity (Wildman–Crippen MR) is 165 cm³/mol. The molecular formula is C35H46O4Si. The summed E-state index contributed by atoms with van der Waals surface area (Å²) < 4.78 is 19.6. The molecule has 4 nitrogen and oxygen atoms in total. The van der Waals surface area contributed by atoms with E-state index >= 15 is 0 Å². The van der Waals surface area contributed by atoms with Gasteiger partial charge in [-0.2, -0.15) is 0 Å². The van der Waals surface area contributed by atoms with Gasteiger partial charge in [0.15, 0.2) is 0 Å². The minimum absolute atomic E-state index is 0.0698. The van der Waals surface area contributed by atoms with Crippen LogP contribution in [0.4, 0.5) is 0 Å². The zero-order valence-electron chi connectivity index (χ0n) is 24.8. The molecule has 0 aromatic heterocycles. The molecule has 1 heterocycles. The second kappa shape index (κ2) is 13.8. The monoisotopic (exact) mass is 558 g/mol. The van der Waals surface area contributed by atoms with Crippen molar-refractivity contribution in [2.75, 3.05) is 0 Å². The van der Waals surface area contributed by atoms with Crippen LogP contribution in [0.3, 0.4) is 0 Å². The first-order valence-electron chi connectivity index (χ1n) is 14.9. The van der Waals surface area contributed by atoms with Crippen LogP contribution < -0.4 is 10.4 Å². The first-order valence-corrected chi connectivity index (χ1v) is 16.8. The van der Waals surface area contributed by atoms with Crippen LogP contribution in [0, 0.1) is 5.92 Å². The molecule has 0 amide bonds. The molecule has 3 aromatic carbocycles. The number of esters is 1. The Morgan fingerprint density at radius 3 is 1.98 bits per heavy atom. The van der Waals surface area contributed by atoms with E-state index in [0.717, 1.165) is 37.7 Å². The van der Waals surface area contributed by atoms with Crippen molar-refractivity contribution in [3.63, 3.8) is 0 Å². The van der Waals surface area contributed by atoms with Gasteiger partial charge in [0.25, 0.3) is 8.32 Å². The van der Waals surface area contributed by atoms with Gasteiger partial charge in [-0.05, 0) is 53.6 Å². The maximum Gasteiger partial charge on any atom is 0.311 e. The lowest BCUT2D eigenvalue weighted by molar-refractivity contribution is -0.154. The Balaban J connectivity index is 1.48. The van der Waals surface area contributed by atoms with Crippen LogP contribution in [0.5, 0.6) is 0 Å². The Morgan fingerprint density at radius 1 is 0.900 bits per heavy atom. The Labute approximate surface area is 242 Å². The highest BCUT2D eigenvalue weighted by Gasteiger charge is 2.51. The van der Waals surface area contributed by atoms with Gasteiger partial charge in [-0.15, -0.1) is 0 Å². The number of carbonyl (C=O) groups is 1. The molecule has 214 valence electrons. The molecule has 3 aromatic rings. The van der Waals surface area contributed by atoms with Gasteiger partial charge in [-0.3, -0.25) is 4.79 Å². The fourth-order valence-electron chi connectivity index (χ4n) is 6.07. The molecule has 4 rings (SSSR count). The Bertz CT molecular complexity index is 1140. The topological polar surface area (TPSA) is 44.8 Å². The molecule has 1 aliphatic rings. The zero-order chi connectivity index (χ0) is 28.6. The van der Waals surface area contributed by atoms with E-state index in [-0.39, 0.29) is 35.2 Å². The van der Waals surface area contributed by atoms with Crippen LogP contribution in [0.2, 0.25) is 5.04 Å². The van der Waals surface area contributed by atoms with Crippen LogP contribution in [0.25, 0.3) is 0 Å². The van der Waals surface area contributed by atoms with Crippen LogP contribution in [-0.4, -0.2) is 32.6 Å². The van der Waals surface area contributed by atoms with Crippen molar-refractivity contribution in [3.05, 3.63) is 96.6 Å². The van der Waals surface area contributed by atoms with Crippen LogP contribution >= 0.6 is 0 Å². The third-order valence-electron chi connectivity index (χ3n) is 8.19. The molecule has 40 heavy (non-hydrogen) atoms. The second-order valence-corrected chi connectivity index (χ2v) is 16.4. The van der Waals surface area contributed by atoms with E-state index in [9.17, 15) is 4.79 Å². The summed E-state index contributed by atoms with van der Waals surface area (Å²) >= 11 is 0. The summed E-state index contributed by atoms with van der Waals surface area (Å²) in [5.74, 6) is -0.487. The van der Waals surface area contributed by atoms with Gasteiger partial charge in [0.1, 0.15) is 6.61 Å². The largest absolute Gasteiger partial charge is 0.461 e. The van der Waals surface area contributed by atoms with Gasteiger partial charge in [-0.1, -0.05) is 125 Å². The maximum absolute atomic E-state index is 12.8. The first-order chi connectivity index (χ1) is 19.2. The minimum Gasteiger partial charge on any atom is -0.461 e. The summed E-state index contributed by atoms with van der Waals surface area (Å²) in [7, 11) is -2.65. The van der Waals surface area contributed by atoms with E-state index in [0.29, 0.717) is 6.61 Å². The number of hydrogen-bond donors (Lipinski definition) is 0. The lowest BCUT2D eigenvalue weighted by atomic mass is 10.0. The smallest absolute Gasteiger partial charge is 0.311 e. The SMILES string of the molecule is CCC[C@@H](C[C@@H]1CC[C@H]([C@@H](C)C(=O)OCc2ccccc2)O1)O[Si](c1ccccc1)(c1ccccc1)C(C)(C)C. The van der Waals surface area contributed by atoms with Crippen molar-refractivity contribution in [2.45, 2.75) is 96.7 Å². The normalized spacial score (nSPS) is 19.2. The molecule has 1 aliphatic heterocycles. The highest BCUT2D eigenvalue weighted by atomic mass is 28.4. The average Bonchev–Trinajstić information content (AvgIpc) is 3.43. The molecule has 4 atom stereocenters. The van der Waals surface area contributed by atoms with Gasteiger partial charge >= 0.3 is 5.97 Å². The molecule has 5 heteroatoms. The number of carbonyl (C=O) groups excluding carboxylic acids is 1. The van der Waals surface area contributed by atoms with Crippen molar-refractivity contribution in [3.8, 4) is 0 Å². The van der Waals surface area contributed by atoms with E-state index in [1.165, 1.54) is 10.4 Å². The quantitative estimate of drug-likeness (QED) is 0.177. The number of ether oxygens (including phenoxy) is 2. The predicted octanol–water partition coefficient (Wildman–Crippen LogP) is 7.05. The molecule has 0 spiro atoms. The summed E-state index contributed by atoms with van der Waals surface area (Å²) in [6, 6.07) is 31.5. The average molecular weight is 559 g/mol. The lowest BCUT2D eigenvalue weighted by Crippen LogP contribution is -2.67. The fraction of sp³-hybridized carbons (Fsp3) is 0.457. The molecule has 0 aliphatic carbocycles. The highest BCUT2D eigenvalue weighted by Crippen LogP contribution is 2.39. The molecule has 0 N–H and O–H groups in total. The fourth-order valence-corrected chi connectivity index (χ4v) is 10.8. The second-order valence-electron chi connectivity index (χ2n) is 12.2. The summed E-state index contributed by atoms with van der Waals surface area (Å²) in [5.41, 5.74) is 0.996. The van der Waals surface area contributed by atoms with E-state index in [1.807, 2.05) is 37.3 Å². The molecule has 1 fully saturated rings. The Kier molecular flexibility index (Phi) is 10.4. The number of benzene rings is 3. The summed E-state index contributed by atoms with van der Waals surface area (Å²) in [5, 5.41) is 2.53. The van der Waals surface area contributed by atoms with Gasteiger partial charge < -0.3 is 13.9 Å². The number of rotatable bonds is 12. The third kappa shape index (κ3) is 7.12. The van der Waals surface area contributed by atoms with Crippen molar-refractivity contribution < 1.29 is 18.7 Å². The third-order valence-corrected chi connectivity index (χ3v) is 13.3. The number of hydrogen-bond acceptors (Lipinski definition) is 4. The summed E-state index contributed by atoms with van der Waals surface area (Å²) in [4.78, 5) is 12.8. The van der Waals surface area contributed by atoms with E-state index in [4.69, 9.17) is 13.9 Å². The Morgan fingerprint density at radius 2 is 1.45 bits per heavy atom. The van der Waals surface area contributed by atoms with Crippen LogP contribution in [0.1, 0.15) is 72.3 Å². The molecular weight excluding hydrogens is 512 g/mol. The zero-order valence-corrected chi connectivity index (χ0v) is 25.8. The van der Waals surface area contributed by atoms with Crippen LogP contribution in [-0.2, 0) is 25.3 Å². The summed E-state index contributed by atoms with van der Waals surface area (Å²) in [6.07, 6.45) is 4.68. The van der Waals surface area contributed by atoms with Crippen molar-refractivity contribution >= 4 is 24.7 Å². The standard InChI is InChI=1S/C35H46O4Si/c1-6-16-30(25-29-23-24-33(38-29)27(2)34(36)37-26-28-17-10-7-11-18-28)39-40(35(3,4)5,31-19-12-8-13-20-31)32-21-14-9-15-22-32/h7-15,17-22,27,29-30,33H,6,16,23-26H2,1-5H3/t27-,29+,30+,33-/m1/s1. The molecule has 1 saturated heterocycles. The molecule has 0 bridgehead atoms. The molecule has 0 unspecified atom stereocenters. The lowest BCUT2D eigenvalue weighted by Gasteiger charge is -2.45. The molecule has 0 radical (unpaired) electrons. The van der Waals surface area contributed by atoms with Gasteiger partial charge in [0.05, 0.1) is 18.1 Å².